The zero-order chi connectivity index (χ0) is 11.5. The van der Waals surface area contributed by atoms with Gasteiger partial charge in [-0.15, -0.1) is 0 Å². The summed E-state index contributed by atoms with van der Waals surface area (Å²) in [5.74, 6) is -0.452. The van der Waals surface area contributed by atoms with E-state index in [-0.39, 0.29) is 0 Å². The third-order valence-corrected chi connectivity index (χ3v) is 2.70. The smallest absolute Gasteiger partial charge is 0.141 e. The van der Waals surface area contributed by atoms with Crippen LogP contribution in [0.4, 0.5) is 4.39 Å². The maximum atomic E-state index is 12.9. The Balaban J connectivity index is 2.35. The van der Waals surface area contributed by atoms with Crippen LogP contribution in [0.1, 0.15) is 17.2 Å². The van der Waals surface area contributed by atoms with Crippen LogP contribution in [-0.4, -0.2) is 10.1 Å². The summed E-state index contributed by atoms with van der Waals surface area (Å²) >= 11 is 3.32. The highest BCUT2D eigenvalue weighted by Crippen LogP contribution is 2.24. The Morgan fingerprint density at radius 1 is 1.19 bits per heavy atom. The van der Waals surface area contributed by atoms with Crippen molar-refractivity contribution >= 4 is 15.9 Å². The number of rotatable bonds is 2. The van der Waals surface area contributed by atoms with Crippen molar-refractivity contribution in [3.63, 3.8) is 0 Å². The number of aromatic nitrogens is 1. The van der Waals surface area contributed by atoms with Crippen molar-refractivity contribution in [3.8, 4) is 0 Å². The van der Waals surface area contributed by atoms with Crippen molar-refractivity contribution in [2.24, 2.45) is 0 Å². The molecule has 0 aliphatic carbocycles. The monoisotopic (exact) mass is 281 g/mol. The van der Waals surface area contributed by atoms with Gasteiger partial charge in [0.1, 0.15) is 11.9 Å². The van der Waals surface area contributed by atoms with Gasteiger partial charge in [-0.3, -0.25) is 4.98 Å². The Labute approximate surface area is 101 Å². The fraction of sp³-hybridized carbons (Fsp3) is 0.0833. The number of hydrogen-bond acceptors (Lipinski definition) is 2. The van der Waals surface area contributed by atoms with Crippen LogP contribution in [-0.2, 0) is 0 Å². The first-order valence-electron chi connectivity index (χ1n) is 4.71. The second kappa shape index (κ2) is 4.72. The SMILES string of the molecule is OC(c1cncc(F)c1)c1cccc(Br)c1. The van der Waals surface area contributed by atoms with E-state index >= 15 is 0 Å². The van der Waals surface area contributed by atoms with E-state index in [9.17, 15) is 9.50 Å². The van der Waals surface area contributed by atoms with E-state index in [0.717, 1.165) is 10.7 Å². The third-order valence-electron chi connectivity index (χ3n) is 2.21. The lowest BCUT2D eigenvalue weighted by molar-refractivity contribution is 0.219. The van der Waals surface area contributed by atoms with Crippen molar-refractivity contribution < 1.29 is 9.50 Å². The lowest BCUT2D eigenvalue weighted by Gasteiger charge is -2.11. The minimum absolute atomic E-state index is 0.443. The molecule has 0 bridgehead atoms. The lowest BCUT2D eigenvalue weighted by atomic mass is 10.0. The van der Waals surface area contributed by atoms with Crippen molar-refractivity contribution in [1.82, 2.24) is 4.98 Å². The molecule has 1 N–H and O–H groups in total. The molecule has 82 valence electrons. The number of pyridine rings is 1. The zero-order valence-electron chi connectivity index (χ0n) is 8.27. The summed E-state index contributed by atoms with van der Waals surface area (Å²) in [5.41, 5.74) is 1.14. The van der Waals surface area contributed by atoms with Crippen LogP contribution in [0.2, 0.25) is 0 Å². The first kappa shape index (κ1) is 11.2. The van der Waals surface area contributed by atoms with E-state index in [1.165, 1.54) is 12.3 Å². The molecule has 1 aromatic carbocycles. The molecular formula is C12H9BrFNO. The average Bonchev–Trinajstić information content (AvgIpc) is 2.28. The van der Waals surface area contributed by atoms with E-state index in [1.807, 2.05) is 12.1 Å². The van der Waals surface area contributed by atoms with E-state index in [0.29, 0.717) is 11.1 Å². The van der Waals surface area contributed by atoms with Crippen LogP contribution in [0.25, 0.3) is 0 Å². The largest absolute Gasteiger partial charge is 0.384 e. The summed E-state index contributed by atoms with van der Waals surface area (Å²) in [6, 6.07) is 8.52. The molecule has 1 atom stereocenters. The van der Waals surface area contributed by atoms with Crippen molar-refractivity contribution in [2.75, 3.05) is 0 Å². The zero-order valence-corrected chi connectivity index (χ0v) is 9.86. The molecule has 0 radical (unpaired) electrons. The maximum absolute atomic E-state index is 12.9. The molecule has 0 aliphatic rings. The fourth-order valence-electron chi connectivity index (χ4n) is 1.45. The van der Waals surface area contributed by atoms with Gasteiger partial charge in [0.15, 0.2) is 0 Å². The number of hydrogen-bond donors (Lipinski definition) is 1. The number of nitrogens with zero attached hydrogens (tertiary/aromatic N) is 1. The third kappa shape index (κ3) is 2.46. The fourth-order valence-corrected chi connectivity index (χ4v) is 1.86. The predicted molar refractivity (Wildman–Crippen MR) is 62.4 cm³/mol. The normalized spacial score (nSPS) is 12.4. The van der Waals surface area contributed by atoms with Gasteiger partial charge in [-0.25, -0.2) is 4.39 Å². The molecule has 1 aromatic heterocycles. The number of aliphatic hydroxyl groups excluding tert-OH is 1. The lowest BCUT2D eigenvalue weighted by Crippen LogP contribution is -2.00. The first-order valence-corrected chi connectivity index (χ1v) is 5.50. The molecule has 0 aliphatic heterocycles. The molecule has 1 heterocycles. The highest BCUT2D eigenvalue weighted by atomic mass is 79.9. The summed E-state index contributed by atoms with van der Waals surface area (Å²) in [7, 11) is 0. The molecule has 4 heteroatoms. The standard InChI is InChI=1S/C12H9BrFNO/c13-10-3-1-2-8(4-10)12(16)9-5-11(14)7-15-6-9/h1-7,12,16H. The van der Waals surface area contributed by atoms with Crippen LogP contribution < -0.4 is 0 Å². The summed E-state index contributed by atoms with van der Waals surface area (Å²) in [4.78, 5) is 3.71. The molecule has 0 spiro atoms. The topological polar surface area (TPSA) is 33.1 Å². The van der Waals surface area contributed by atoms with Crippen LogP contribution >= 0.6 is 15.9 Å². The summed E-state index contributed by atoms with van der Waals surface area (Å²) < 4.78 is 13.8. The summed E-state index contributed by atoms with van der Waals surface area (Å²) in [6.45, 7) is 0. The minimum Gasteiger partial charge on any atom is -0.384 e. The van der Waals surface area contributed by atoms with Gasteiger partial charge in [-0.2, -0.15) is 0 Å². The first-order chi connectivity index (χ1) is 7.66. The Bertz CT molecular complexity index is 458. The minimum atomic E-state index is -0.860. The van der Waals surface area contributed by atoms with Gasteiger partial charge < -0.3 is 5.11 Å². The van der Waals surface area contributed by atoms with Crippen LogP contribution in [0.5, 0.6) is 0 Å². The quantitative estimate of drug-likeness (QED) is 0.918. The molecule has 0 saturated heterocycles. The molecular weight excluding hydrogens is 273 g/mol. The highest BCUT2D eigenvalue weighted by molar-refractivity contribution is 9.10. The van der Waals surface area contributed by atoms with Gasteiger partial charge in [0.2, 0.25) is 0 Å². The van der Waals surface area contributed by atoms with Crippen molar-refractivity contribution in [2.45, 2.75) is 6.10 Å². The maximum Gasteiger partial charge on any atom is 0.141 e. The van der Waals surface area contributed by atoms with Gasteiger partial charge in [-0.1, -0.05) is 28.1 Å². The summed E-state index contributed by atoms with van der Waals surface area (Å²) in [6.07, 6.45) is 1.70. The molecule has 2 aromatic rings. The molecule has 0 fully saturated rings. The van der Waals surface area contributed by atoms with E-state index in [2.05, 4.69) is 20.9 Å². The molecule has 2 rings (SSSR count). The number of aliphatic hydroxyl groups is 1. The Morgan fingerprint density at radius 3 is 2.69 bits per heavy atom. The van der Waals surface area contributed by atoms with Crippen molar-refractivity contribution in [3.05, 3.63) is 64.1 Å². The molecule has 2 nitrogen and oxygen atoms in total. The molecule has 0 amide bonds. The second-order valence-corrected chi connectivity index (χ2v) is 4.31. The Kier molecular flexibility index (Phi) is 3.31. The highest BCUT2D eigenvalue weighted by Gasteiger charge is 2.11. The number of halogens is 2. The van der Waals surface area contributed by atoms with Crippen LogP contribution in [0.3, 0.4) is 0 Å². The van der Waals surface area contributed by atoms with Gasteiger partial charge >= 0.3 is 0 Å². The second-order valence-electron chi connectivity index (χ2n) is 3.39. The number of benzene rings is 1. The van der Waals surface area contributed by atoms with E-state index in [4.69, 9.17) is 0 Å². The molecule has 0 saturated carbocycles. The Morgan fingerprint density at radius 2 is 2.00 bits per heavy atom. The van der Waals surface area contributed by atoms with Crippen LogP contribution in [0.15, 0.2) is 47.2 Å². The Hall–Kier alpha value is -1.26. The van der Waals surface area contributed by atoms with Gasteiger partial charge in [0, 0.05) is 16.2 Å². The van der Waals surface area contributed by atoms with E-state index in [1.54, 1.807) is 12.1 Å². The summed E-state index contributed by atoms with van der Waals surface area (Å²) in [5, 5.41) is 10.0. The van der Waals surface area contributed by atoms with Gasteiger partial charge in [0.25, 0.3) is 0 Å². The molecule has 16 heavy (non-hydrogen) atoms. The van der Waals surface area contributed by atoms with Gasteiger partial charge in [-0.05, 0) is 23.8 Å². The van der Waals surface area contributed by atoms with Crippen LogP contribution in [0, 0.1) is 5.82 Å². The van der Waals surface area contributed by atoms with E-state index < -0.39 is 11.9 Å². The van der Waals surface area contributed by atoms with Crippen molar-refractivity contribution in [1.29, 1.82) is 0 Å². The average molecular weight is 282 g/mol. The molecule has 1 unspecified atom stereocenters. The van der Waals surface area contributed by atoms with Gasteiger partial charge in [0.05, 0.1) is 6.20 Å². The predicted octanol–water partition coefficient (Wildman–Crippen LogP) is 3.06.